The van der Waals surface area contributed by atoms with Gasteiger partial charge in [0.1, 0.15) is 13.1 Å². The molecule has 1 aromatic rings. The van der Waals surface area contributed by atoms with E-state index in [0.29, 0.717) is 0 Å². The fourth-order valence-electron chi connectivity index (χ4n) is 3.84. The summed E-state index contributed by atoms with van der Waals surface area (Å²) >= 11 is 0. The molecule has 1 heteroatoms. The molecule has 0 bridgehead atoms. The monoisotopic (exact) mass is 216 g/mol. The van der Waals surface area contributed by atoms with Crippen molar-refractivity contribution in [3.63, 3.8) is 0 Å². The molecule has 1 spiro atoms. The van der Waals surface area contributed by atoms with Gasteiger partial charge in [-0.2, -0.15) is 0 Å². The van der Waals surface area contributed by atoms with Crippen molar-refractivity contribution in [3.05, 3.63) is 35.4 Å². The van der Waals surface area contributed by atoms with Gasteiger partial charge >= 0.3 is 0 Å². The van der Waals surface area contributed by atoms with Gasteiger partial charge < -0.3 is 4.48 Å². The van der Waals surface area contributed by atoms with Gasteiger partial charge in [-0.25, -0.2) is 0 Å². The summed E-state index contributed by atoms with van der Waals surface area (Å²) in [5, 5.41) is 0. The number of fused-ring (bicyclic) bond motifs is 1. The van der Waals surface area contributed by atoms with E-state index >= 15 is 0 Å². The van der Waals surface area contributed by atoms with Gasteiger partial charge in [-0.1, -0.05) is 24.3 Å². The van der Waals surface area contributed by atoms with Crippen LogP contribution in [0, 0.1) is 0 Å². The van der Waals surface area contributed by atoms with Crippen LogP contribution in [0.2, 0.25) is 0 Å². The summed E-state index contributed by atoms with van der Waals surface area (Å²) in [6.45, 7) is 7.47. The lowest BCUT2D eigenvalue weighted by molar-refractivity contribution is -0.993. The van der Waals surface area contributed by atoms with Crippen LogP contribution in [-0.4, -0.2) is 16.6 Å². The van der Waals surface area contributed by atoms with Gasteiger partial charge in [-0.3, -0.25) is 0 Å². The first-order valence-corrected chi connectivity index (χ1v) is 6.65. The van der Waals surface area contributed by atoms with E-state index in [-0.39, 0.29) is 0 Å². The summed E-state index contributed by atoms with van der Waals surface area (Å²) in [7, 11) is 0. The Kier molecular flexibility index (Phi) is 2.32. The number of hydrogen-bond acceptors (Lipinski definition) is 0. The van der Waals surface area contributed by atoms with Crippen LogP contribution in [-0.2, 0) is 13.1 Å². The topological polar surface area (TPSA) is 0 Å². The molecule has 0 unspecified atom stereocenters. The molecule has 2 atom stereocenters. The molecule has 0 aromatic heterocycles. The maximum Gasteiger partial charge on any atom is 0.106 e. The lowest BCUT2D eigenvalue weighted by atomic mass is 9.94. The zero-order valence-corrected chi connectivity index (χ0v) is 10.4. The number of quaternary nitrogens is 1. The molecule has 2 aliphatic rings. The van der Waals surface area contributed by atoms with Crippen LogP contribution < -0.4 is 0 Å². The molecule has 0 saturated carbocycles. The first kappa shape index (κ1) is 10.3. The van der Waals surface area contributed by atoms with Crippen LogP contribution in [0.5, 0.6) is 0 Å². The standard InChI is InChI=1S/C15H22N/c1-12-6-5-7-13(2)16(12)10-14-8-3-4-9-15(14)11-16/h3-4,8-9,12-13H,5-7,10-11H2,1-2H3/q+1/t12-,13+. The second kappa shape index (κ2) is 3.59. The average Bonchev–Trinajstić information content (AvgIpc) is 2.66. The minimum atomic E-state index is 0.844. The third kappa shape index (κ3) is 1.34. The molecule has 2 heterocycles. The predicted molar refractivity (Wildman–Crippen MR) is 66.9 cm³/mol. The summed E-state index contributed by atoms with van der Waals surface area (Å²) in [5.41, 5.74) is 3.20. The van der Waals surface area contributed by atoms with Gasteiger partial charge in [-0.05, 0) is 33.1 Å². The molecule has 0 radical (unpaired) electrons. The molecule has 0 N–H and O–H groups in total. The number of hydrogen-bond donors (Lipinski definition) is 0. The Morgan fingerprint density at radius 3 is 1.94 bits per heavy atom. The molecule has 0 amide bonds. The summed E-state index contributed by atoms with van der Waals surface area (Å²) < 4.78 is 1.33. The van der Waals surface area contributed by atoms with Crippen molar-refractivity contribution >= 4 is 0 Å². The molecule has 1 nitrogen and oxygen atoms in total. The molecule has 86 valence electrons. The van der Waals surface area contributed by atoms with Gasteiger partial charge in [0, 0.05) is 11.1 Å². The minimum absolute atomic E-state index is 0.844. The van der Waals surface area contributed by atoms with Gasteiger partial charge in [0.2, 0.25) is 0 Å². The van der Waals surface area contributed by atoms with Crippen molar-refractivity contribution in [3.8, 4) is 0 Å². The maximum absolute atomic E-state index is 2.46. The first-order chi connectivity index (χ1) is 7.72. The zero-order valence-electron chi connectivity index (χ0n) is 10.4. The number of piperidine rings is 1. The lowest BCUT2D eigenvalue weighted by Crippen LogP contribution is -2.57. The third-order valence-corrected chi connectivity index (χ3v) is 5.05. The number of rotatable bonds is 0. The van der Waals surface area contributed by atoms with E-state index in [2.05, 4.69) is 38.1 Å². The van der Waals surface area contributed by atoms with Crippen LogP contribution in [0.1, 0.15) is 44.2 Å². The Labute approximate surface area is 98.7 Å². The molecule has 1 fully saturated rings. The lowest BCUT2D eigenvalue weighted by Gasteiger charge is -2.48. The second-order valence-electron chi connectivity index (χ2n) is 5.82. The molecule has 2 aliphatic heterocycles. The normalized spacial score (nSPS) is 31.6. The van der Waals surface area contributed by atoms with Crippen molar-refractivity contribution < 1.29 is 4.48 Å². The zero-order chi connectivity index (χ0) is 11.2. The Morgan fingerprint density at radius 2 is 1.44 bits per heavy atom. The Bertz CT molecular complexity index is 359. The fourth-order valence-corrected chi connectivity index (χ4v) is 3.84. The Balaban J connectivity index is 1.97. The van der Waals surface area contributed by atoms with Crippen LogP contribution >= 0.6 is 0 Å². The van der Waals surface area contributed by atoms with Crippen molar-refractivity contribution in [1.82, 2.24) is 0 Å². The van der Waals surface area contributed by atoms with Crippen molar-refractivity contribution in [2.75, 3.05) is 0 Å². The largest absolute Gasteiger partial charge is 0.312 e. The van der Waals surface area contributed by atoms with Crippen molar-refractivity contribution in [2.45, 2.75) is 58.3 Å². The molecule has 1 saturated heterocycles. The van der Waals surface area contributed by atoms with Crippen LogP contribution in [0.25, 0.3) is 0 Å². The smallest absolute Gasteiger partial charge is 0.106 e. The van der Waals surface area contributed by atoms with Gasteiger partial charge in [0.05, 0.1) is 12.1 Å². The van der Waals surface area contributed by atoms with Crippen molar-refractivity contribution in [1.29, 1.82) is 0 Å². The van der Waals surface area contributed by atoms with E-state index in [4.69, 9.17) is 0 Å². The van der Waals surface area contributed by atoms with E-state index in [0.717, 1.165) is 12.1 Å². The second-order valence-corrected chi connectivity index (χ2v) is 5.82. The number of benzene rings is 1. The summed E-state index contributed by atoms with van der Waals surface area (Å²) in [5.74, 6) is 0. The summed E-state index contributed by atoms with van der Waals surface area (Å²) in [6.07, 6.45) is 4.26. The van der Waals surface area contributed by atoms with Crippen LogP contribution in [0.15, 0.2) is 24.3 Å². The number of nitrogens with zero attached hydrogens (tertiary/aromatic N) is 1. The minimum Gasteiger partial charge on any atom is -0.312 e. The van der Waals surface area contributed by atoms with Crippen LogP contribution in [0.4, 0.5) is 0 Å². The predicted octanol–water partition coefficient (Wildman–Crippen LogP) is 3.48. The highest BCUT2D eigenvalue weighted by Gasteiger charge is 2.46. The molecular weight excluding hydrogens is 194 g/mol. The fraction of sp³-hybridized carbons (Fsp3) is 0.600. The highest BCUT2D eigenvalue weighted by atomic mass is 15.4. The van der Waals surface area contributed by atoms with Crippen LogP contribution in [0.3, 0.4) is 0 Å². The molecular formula is C15H22N+. The van der Waals surface area contributed by atoms with E-state index < -0.39 is 0 Å². The van der Waals surface area contributed by atoms with Crippen molar-refractivity contribution in [2.24, 2.45) is 0 Å². The SMILES string of the molecule is C[C@@H]1CCC[C@H](C)[N+]12Cc1ccccc1C2. The molecule has 3 rings (SSSR count). The Hall–Kier alpha value is -0.820. The highest BCUT2D eigenvalue weighted by molar-refractivity contribution is 5.28. The van der Waals surface area contributed by atoms with Gasteiger partial charge in [0.15, 0.2) is 0 Å². The quantitative estimate of drug-likeness (QED) is 0.582. The van der Waals surface area contributed by atoms with E-state index in [9.17, 15) is 0 Å². The summed E-state index contributed by atoms with van der Waals surface area (Å²) in [6, 6.07) is 10.7. The Morgan fingerprint density at radius 1 is 0.938 bits per heavy atom. The van der Waals surface area contributed by atoms with Gasteiger partial charge in [0.25, 0.3) is 0 Å². The summed E-state index contributed by atoms with van der Waals surface area (Å²) in [4.78, 5) is 0. The molecule has 16 heavy (non-hydrogen) atoms. The first-order valence-electron chi connectivity index (χ1n) is 6.65. The van der Waals surface area contributed by atoms with Gasteiger partial charge in [-0.15, -0.1) is 0 Å². The van der Waals surface area contributed by atoms with E-state index in [1.54, 1.807) is 11.1 Å². The van der Waals surface area contributed by atoms with E-state index in [1.807, 2.05) is 0 Å². The highest BCUT2D eigenvalue weighted by Crippen LogP contribution is 2.40. The molecule has 1 aromatic carbocycles. The third-order valence-electron chi connectivity index (χ3n) is 5.05. The molecule has 0 aliphatic carbocycles. The van der Waals surface area contributed by atoms with E-state index in [1.165, 1.54) is 36.8 Å². The average molecular weight is 216 g/mol. The maximum atomic E-state index is 2.46.